The van der Waals surface area contributed by atoms with Crippen molar-refractivity contribution < 1.29 is 74.7 Å². The van der Waals surface area contributed by atoms with Gasteiger partial charge in [-0.15, -0.1) is 0 Å². The molecule has 3 aliphatic heterocycles. The first-order valence-electron chi connectivity index (χ1n) is 13.0. The van der Waals surface area contributed by atoms with E-state index in [0.29, 0.717) is 5.56 Å². The summed E-state index contributed by atoms with van der Waals surface area (Å²) < 4.78 is 27.3. The highest BCUT2D eigenvalue weighted by Crippen LogP contribution is 2.47. The topological polar surface area (TPSA) is 252 Å². The van der Waals surface area contributed by atoms with Crippen LogP contribution in [-0.2, 0) is 14.2 Å². The number of aromatic hydroxyl groups is 4. The summed E-state index contributed by atoms with van der Waals surface area (Å²) in [5.41, 5.74) is 0.471. The zero-order valence-corrected chi connectivity index (χ0v) is 22.1. The number of aliphatic hydroxyl groups is 8. The Hall–Kier alpha value is -3.38. The molecule has 15 heteroatoms. The quantitative estimate of drug-likeness (QED) is 0.130. The number of rotatable bonds is 6. The second-order valence-electron chi connectivity index (χ2n) is 10.3. The van der Waals surface area contributed by atoms with Gasteiger partial charge < -0.3 is 74.7 Å². The van der Waals surface area contributed by atoms with Gasteiger partial charge in [0.15, 0.2) is 17.3 Å². The summed E-state index contributed by atoms with van der Waals surface area (Å²) in [6.07, 6.45) is -14.7. The van der Waals surface area contributed by atoms with Gasteiger partial charge in [0.25, 0.3) is 11.9 Å². The van der Waals surface area contributed by atoms with Crippen molar-refractivity contribution in [2.24, 2.45) is 0 Å². The van der Waals surface area contributed by atoms with Crippen LogP contribution in [0.15, 0.2) is 36.1 Å². The summed E-state index contributed by atoms with van der Waals surface area (Å²) in [5.74, 6) is -1.19. The maximum absolute atomic E-state index is 10.6. The van der Waals surface area contributed by atoms with E-state index in [9.17, 15) is 51.1 Å². The third-order valence-electron chi connectivity index (χ3n) is 7.40. The minimum atomic E-state index is -1.76. The lowest BCUT2D eigenvalue weighted by molar-refractivity contribution is -0.287. The molecule has 2 aromatic rings. The van der Waals surface area contributed by atoms with Crippen LogP contribution in [0, 0.1) is 0 Å². The van der Waals surface area contributed by atoms with Gasteiger partial charge in [0.1, 0.15) is 59.8 Å². The summed E-state index contributed by atoms with van der Waals surface area (Å²) in [4.78, 5) is 0. The van der Waals surface area contributed by atoms with E-state index < -0.39 is 85.6 Å². The van der Waals surface area contributed by atoms with Crippen molar-refractivity contribution in [2.75, 3.05) is 6.61 Å². The smallest absolute Gasteiger partial charge is 0.270 e. The highest BCUT2D eigenvalue weighted by Gasteiger charge is 2.47. The lowest BCUT2D eigenvalue weighted by Gasteiger charge is -2.40. The number of phenolic OH excluding ortho intramolecular Hbond substituents is 3. The maximum atomic E-state index is 10.6. The first-order valence-corrected chi connectivity index (χ1v) is 13.0. The van der Waals surface area contributed by atoms with E-state index in [1.807, 2.05) is 0 Å². The molecule has 5 rings (SSSR count). The van der Waals surface area contributed by atoms with E-state index in [-0.39, 0.29) is 28.6 Å². The number of fused-ring (bicyclic) bond motifs is 1. The summed E-state index contributed by atoms with van der Waals surface area (Å²) in [5, 5.41) is 102. The van der Waals surface area contributed by atoms with Gasteiger partial charge >= 0.3 is 0 Å². The number of benzene rings is 2. The fourth-order valence-electron chi connectivity index (χ4n) is 4.95. The standard InChI is InChI=1S/C27H32O15/c1-9-19(32)21(34)23(36)26(38-9)41-17-7-12-15(39-25(17)10-2-3-13(30)14(31)4-10)5-11(29)6-16(12)40-27-24(37)22(35)20(33)18(8-28)42-27/h2-7,9,18-37H,8H2,1H3/p+1/t9-,18+,19-,20+,21+,22-,23-,24-,25?,26-,27+/m0/s1. The van der Waals surface area contributed by atoms with Gasteiger partial charge in [0.2, 0.25) is 12.6 Å². The van der Waals surface area contributed by atoms with Crippen molar-refractivity contribution in [2.45, 2.75) is 74.4 Å². The number of hydrogen-bond acceptors (Lipinski definition) is 14. The van der Waals surface area contributed by atoms with E-state index in [2.05, 4.69) is 4.74 Å². The number of ether oxygens (including phenoxy) is 5. The molecule has 42 heavy (non-hydrogen) atoms. The molecule has 0 spiro atoms. The zero-order valence-electron chi connectivity index (χ0n) is 22.1. The third-order valence-corrected chi connectivity index (χ3v) is 7.40. The highest BCUT2D eigenvalue weighted by molar-refractivity contribution is 5.70. The number of aliphatic hydroxyl groups excluding tert-OH is 7. The van der Waals surface area contributed by atoms with E-state index in [1.54, 1.807) is 0 Å². The summed E-state index contributed by atoms with van der Waals surface area (Å²) >= 11 is 0. The van der Waals surface area contributed by atoms with E-state index in [1.165, 1.54) is 37.3 Å². The van der Waals surface area contributed by atoms with Crippen LogP contribution in [0.4, 0.5) is 0 Å². The minimum absolute atomic E-state index is 0.0169. The number of hydrogen-bond donors (Lipinski definition) is 10. The largest absolute Gasteiger partial charge is 0.571 e. The Labute approximate surface area is 238 Å². The van der Waals surface area contributed by atoms with Crippen molar-refractivity contribution in [3.05, 3.63) is 47.2 Å². The molecule has 3 heterocycles. The fourth-order valence-corrected chi connectivity index (χ4v) is 4.95. The van der Waals surface area contributed by atoms with Crippen LogP contribution in [0.1, 0.15) is 24.2 Å². The molecule has 0 bridgehead atoms. The van der Waals surface area contributed by atoms with Crippen molar-refractivity contribution in [1.29, 1.82) is 0 Å². The molecule has 15 nitrogen and oxygen atoms in total. The SMILES string of the molecule is C[C@@H]1O[C@@H](OC2=Cc3c(O[C@@H]4O[C@H](CO)[C@@H](O)[C@H](O)[C@@H]4O)cc(O)cc3[OH+]C2c2ccc(O)c(O)c2)[C@@H](O)[C@H](O)[C@H]1O. The predicted molar refractivity (Wildman–Crippen MR) is 138 cm³/mol. The van der Waals surface area contributed by atoms with Crippen LogP contribution in [0.25, 0.3) is 6.08 Å². The molecular formula is C27H33O15+. The minimum Gasteiger partial charge on any atom is -0.571 e. The van der Waals surface area contributed by atoms with Crippen LogP contribution in [0.3, 0.4) is 0 Å². The van der Waals surface area contributed by atoms with Crippen LogP contribution in [0.5, 0.6) is 28.7 Å². The normalized spacial score (nSPS) is 36.4. The van der Waals surface area contributed by atoms with Crippen LogP contribution < -0.4 is 4.74 Å². The average Bonchev–Trinajstić information content (AvgIpc) is 2.96. The Bertz CT molecular complexity index is 1310. The van der Waals surface area contributed by atoms with Gasteiger partial charge in [0.05, 0.1) is 24.3 Å². The molecule has 11 atom stereocenters. The van der Waals surface area contributed by atoms with Crippen LogP contribution in [-0.4, -0.2) is 124 Å². The van der Waals surface area contributed by atoms with Crippen LogP contribution >= 0.6 is 0 Å². The third kappa shape index (κ3) is 5.54. The fraction of sp³-hybridized carbons (Fsp3) is 0.481. The van der Waals surface area contributed by atoms with Crippen molar-refractivity contribution in [3.63, 3.8) is 0 Å². The first kappa shape index (κ1) is 30.1. The van der Waals surface area contributed by atoms with Crippen molar-refractivity contribution in [3.8, 4) is 28.7 Å². The molecule has 2 saturated heterocycles. The molecule has 11 N–H and O–H groups in total. The van der Waals surface area contributed by atoms with Gasteiger partial charge in [-0.25, -0.2) is 0 Å². The maximum Gasteiger partial charge on any atom is 0.270 e. The molecule has 0 radical (unpaired) electrons. The Balaban J connectivity index is 1.54. The average molecular weight is 598 g/mol. The number of phenols is 3. The first-order chi connectivity index (χ1) is 19.9. The monoisotopic (exact) mass is 597 g/mol. The Morgan fingerprint density at radius 1 is 0.762 bits per heavy atom. The molecular weight excluding hydrogens is 564 g/mol. The summed E-state index contributed by atoms with van der Waals surface area (Å²) in [6, 6.07) is 6.32. The van der Waals surface area contributed by atoms with Gasteiger partial charge in [-0.2, -0.15) is 0 Å². The van der Waals surface area contributed by atoms with E-state index >= 15 is 0 Å². The lowest BCUT2D eigenvalue weighted by Crippen LogP contribution is -2.60. The molecule has 0 saturated carbocycles. The predicted octanol–water partition coefficient (Wildman–Crippen LogP) is -1.84. The molecule has 1 unspecified atom stereocenters. The molecule has 0 aromatic heterocycles. The summed E-state index contributed by atoms with van der Waals surface area (Å²) in [7, 11) is 0. The molecule has 0 amide bonds. The van der Waals surface area contributed by atoms with E-state index in [0.717, 1.165) is 6.07 Å². The van der Waals surface area contributed by atoms with Crippen LogP contribution in [0.2, 0.25) is 0 Å². The molecule has 2 fully saturated rings. The highest BCUT2D eigenvalue weighted by atomic mass is 16.7. The Morgan fingerprint density at radius 3 is 2.10 bits per heavy atom. The zero-order chi connectivity index (χ0) is 30.5. The van der Waals surface area contributed by atoms with Crippen molar-refractivity contribution >= 4 is 6.08 Å². The van der Waals surface area contributed by atoms with Gasteiger partial charge in [-0.05, 0) is 25.1 Å². The van der Waals surface area contributed by atoms with Crippen molar-refractivity contribution in [1.82, 2.24) is 0 Å². The lowest BCUT2D eigenvalue weighted by atomic mass is 9.98. The molecule has 0 aliphatic carbocycles. The second kappa shape index (κ2) is 11.7. The van der Waals surface area contributed by atoms with Gasteiger partial charge in [-0.3, -0.25) is 0 Å². The van der Waals surface area contributed by atoms with Gasteiger partial charge in [0, 0.05) is 12.1 Å². The molecule has 3 aliphatic rings. The molecule has 2 aromatic carbocycles. The Kier molecular flexibility index (Phi) is 8.39. The second-order valence-corrected chi connectivity index (χ2v) is 10.3. The molecule has 230 valence electrons. The Morgan fingerprint density at radius 2 is 1.43 bits per heavy atom. The van der Waals surface area contributed by atoms with Gasteiger partial charge in [-0.1, -0.05) is 0 Å². The summed E-state index contributed by atoms with van der Waals surface area (Å²) in [6.45, 7) is 0.774. The van der Waals surface area contributed by atoms with E-state index in [4.69, 9.17) is 18.9 Å².